The Bertz CT molecular complexity index is 509. The highest BCUT2D eigenvalue weighted by Gasteiger charge is 2.09. The summed E-state index contributed by atoms with van der Waals surface area (Å²) in [5, 5.41) is 1.29. The number of methoxy groups -OCH3 is 1. The number of hydrogen-bond acceptors (Lipinski definition) is 1. The molecule has 0 amide bonds. The quantitative estimate of drug-likeness (QED) is 0.766. The number of rotatable bonds is 2. The van der Waals surface area contributed by atoms with Gasteiger partial charge in [0.1, 0.15) is 5.75 Å². The Morgan fingerprint density at radius 1 is 1.12 bits per heavy atom. The molecule has 81 valence electrons. The molecule has 3 heteroatoms. The van der Waals surface area contributed by atoms with Gasteiger partial charge >= 0.3 is 0 Å². The van der Waals surface area contributed by atoms with E-state index >= 15 is 0 Å². The second-order valence-electron chi connectivity index (χ2n) is 3.25. The van der Waals surface area contributed by atoms with Gasteiger partial charge in [-0.15, -0.1) is 0 Å². The first kappa shape index (κ1) is 11.3. The summed E-state index contributed by atoms with van der Waals surface area (Å²) in [5.41, 5.74) is 1.77. The maximum atomic E-state index is 6.14. The van der Waals surface area contributed by atoms with Crippen LogP contribution in [0.15, 0.2) is 36.4 Å². The Morgan fingerprint density at radius 3 is 2.69 bits per heavy atom. The molecule has 16 heavy (non-hydrogen) atoms. The molecule has 0 atom stereocenters. The molecule has 2 aromatic carbocycles. The van der Waals surface area contributed by atoms with Crippen molar-refractivity contribution in [2.75, 3.05) is 7.11 Å². The number of hydrogen-bond donors (Lipinski definition) is 0. The molecule has 0 fully saturated rings. The van der Waals surface area contributed by atoms with Gasteiger partial charge in [-0.2, -0.15) is 0 Å². The zero-order valence-electron chi connectivity index (χ0n) is 8.63. The fourth-order valence-electron chi connectivity index (χ4n) is 1.51. The Hall–Kier alpha value is -1.18. The van der Waals surface area contributed by atoms with Crippen molar-refractivity contribution < 1.29 is 4.74 Å². The zero-order chi connectivity index (χ0) is 11.5. The second-order valence-corrected chi connectivity index (χ2v) is 4.09. The number of ether oxygens (including phenoxy) is 1. The lowest BCUT2D eigenvalue weighted by Crippen LogP contribution is -1.88. The van der Waals surface area contributed by atoms with Crippen LogP contribution >= 0.6 is 23.2 Å². The molecule has 0 aromatic heterocycles. The highest BCUT2D eigenvalue weighted by atomic mass is 35.5. The molecule has 0 aliphatic heterocycles. The van der Waals surface area contributed by atoms with E-state index in [0.29, 0.717) is 10.0 Å². The van der Waals surface area contributed by atoms with Gasteiger partial charge < -0.3 is 4.74 Å². The first-order chi connectivity index (χ1) is 7.72. The van der Waals surface area contributed by atoms with Crippen molar-refractivity contribution in [3.8, 4) is 16.9 Å². The molecule has 0 aliphatic carbocycles. The van der Waals surface area contributed by atoms with E-state index < -0.39 is 0 Å². The fourth-order valence-corrected chi connectivity index (χ4v) is 1.90. The van der Waals surface area contributed by atoms with Crippen LogP contribution in [0.1, 0.15) is 0 Å². The minimum absolute atomic E-state index is 0.647. The smallest absolute Gasteiger partial charge is 0.127 e. The molecule has 0 spiro atoms. The summed E-state index contributed by atoms with van der Waals surface area (Å²) in [4.78, 5) is 0. The highest BCUT2D eigenvalue weighted by Crippen LogP contribution is 2.35. The Kier molecular flexibility index (Phi) is 3.37. The third-order valence-corrected chi connectivity index (χ3v) is 2.83. The van der Waals surface area contributed by atoms with E-state index in [1.54, 1.807) is 25.3 Å². The Labute approximate surface area is 105 Å². The zero-order valence-corrected chi connectivity index (χ0v) is 10.1. The monoisotopic (exact) mass is 251 g/mol. The van der Waals surface area contributed by atoms with Gasteiger partial charge in [0.25, 0.3) is 0 Å². The molecular formula is C13H9Cl2O. The van der Waals surface area contributed by atoms with Crippen LogP contribution in [0.5, 0.6) is 5.75 Å². The average molecular weight is 252 g/mol. The van der Waals surface area contributed by atoms with Gasteiger partial charge in [0.05, 0.1) is 7.11 Å². The molecular weight excluding hydrogens is 243 g/mol. The molecule has 0 N–H and O–H groups in total. The second kappa shape index (κ2) is 4.77. The SMILES string of the molecule is COc1c[c]ccc1-c1cc(Cl)ccc1Cl. The molecule has 0 unspecified atom stereocenters. The third-order valence-electron chi connectivity index (χ3n) is 2.26. The van der Waals surface area contributed by atoms with E-state index in [9.17, 15) is 0 Å². The van der Waals surface area contributed by atoms with Crippen molar-refractivity contribution >= 4 is 23.2 Å². The van der Waals surface area contributed by atoms with Crippen LogP contribution in [-0.4, -0.2) is 7.11 Å². The van der Waals surface area contributed by atoms with Gasteiger partial charge in [-0.05, 0) is 36.4 Å². The summed E-state index contributed by atoms with van der Waals surface area (Å²) in [7, 11) is 1.62. The van der Waals surface area contributed by atoms with E-state index in [1.165, 1.54) is 0 Å². The predicted octanol–water partition coefficient (Wildman–Crippen LogP) is 4.47. The first-order valence-electron chi connectivity index (χ1n) is 4.72. The van der Waals surface area contributed by atoms with Gasteiger partial charge in [-0.1, -0.05) is 29.3 Å². The average Bonchev–Trinajstić information content (AvgIpc) is 2.32. The van der Waals surface area contributed by atoms with Crippen LogP contribution in [0, 0.1) is 6.07 Å². The van der Waals surface area contributed by atoms with Crippen molar-refractivity contribution in [3.63, 3.8) is 0 Å². The molecule has 0 saturated heterocycles. The standard InChI is InChI=1S/C13H9Cl2O/c1-16-13-5-3-2-4-10(13)11-8-9(14)6-7-12(11)15/h2,4-8H,1H3. The summed E-state index contributed by atoms with van der Waals surface area (Å²) in [5.74, 6) is 0.728. The highest BCUT2D eigenvalue weighted by molar-refractivity contribution is 6.35. The topological polar surface area (TPSA) is 9.23 Å². The molecule has 0 saturated carbocycles. The molecule has 2 aromatic rings. The van der Waals surface area contributed by atoms with Gasteiger partial charge in [-0.3, -0.25) is 0 Å². The maximum absolute atomic E-state index is 6.14. The summed E-state index contributed by atoms with van der Waals surface area (Å²) in [6, 6.07) is 13.8. The van der Waals surface area contributed by atoms with Crippen LogP contribution < -0.4 is 4.74 Å². The van der Waals surface area contributed by atoms with E-state index in [4.69, 9.17) is 27.9 Å². The summed E-state index contributed by atoms with van der Waals surface area (Å²) < 4.78 is 5.26. The molecule has 1 radical (unpaired) electrons. The minimum Gasteiger partial charge on any atom is -0.496 e. The van der Waals surface area contributed by atoms with E-state index in [-0.39, 0.29) is 0 Å². The number of halogens is 2. The maximum Gasteiger partial charge on any atom is 0.127 e. The van der Waals surface area contributed by atoms with Crippen molar-refractivity contribution in [1.82, 2.24) is 0 Å². The Morgan fingerprint density at radius 2 is 1.94 bits per heavy atom. The molecule has 2 rings (SSSR count). The first-order valence-corrected chi connectivity index (χ1v) is 5.47. The van der Waals surface area contributed by atoms with Crippen molar-refractivity contribution in [1.29, 1.82) is 0 Å². The van der Waals surface area contributed by atoms with E-state index in [2.05, 4.69) is 6.07 Å². The minimum atomic E-state index is 0.647. The van der Waals surface area contributed by atoms with Crippen LogP contribution in [0.25, 0.3) is 11.1 Å². The fraction of sp³-hybridized carbons (Fsp3) is 0.0769. The van der Waals surface area contributed by atoms with Crippen LogP contribution in [-0.2, 0) is 0 Å². The lowest BCUT2D eigenvalue weighted by Gasteiger charge is -2.09. The van der Waals surface area contributed by atoms with Crippen molar-refractivity contribution in [2.24, 2.45) is 0 Å². The van der Waals surface area contributed by atoms with Crippen LogP contribution in [0.4, 0.5) is 0 Å². The van der Waals surface area contributed by atoms with Gasteiger partial charge in [0.2, 0.25) is 0 Å². The largest absolute Gasteiger partial charge is 0.496 e. The summed E-state index contributed by atoms with van der Waals surface area (Å²) in [6.07, 6.45) is 0. The molecule has 0 heterocycles. The molecule has 0 bridgehead atoms. The summed E-state index contributed by atoms with van der Waals surface area (Å²) >= 11 is 12.1. The molecule has 1 nitrogen and oxygen atoms in total. The van der Waals surface area contributed by atoms with E-state index in [1.807, 2.05) is 18.2 Å². The Balaban J connectivity index is 2.62. The van der Waals surface area contributed by atoms with Gasteiger partial charge in [0.15, 0.2) is 0 Å². The lowest BCUT2D eigenvalue weighted by molar-refractivity contribution is 0.416. The van der Waals surface area contributed by atoms with Crippen LogP contribution in [0.3, 0.4) is 0 Å². The van der Waals surface area contributed by atoms with Crippen molar-refractivity contribution in [2.45, 2.75) is 0 Å². The van der Waals surface area contributed by atoms with Crippen molar-refractivity contribution in [3.05, 3.63) is 52.5 Å². The number of benzene rings is 2. The van der Waals surface area contributed by atoms with E-state index in [0.717, 1.165) is 16.9 Å². The predicted molar refractivity (Wildman–Crippen MR) is 67.3 cm³/mol. The van der Waals surface area contributed by atoms with Gasteiger partial charge in [0, 0.05) is 21.2 Å². The normalized spacial score (nSPS) is 10.2. The lowest BCUT2D eigenvalue weighted by atomic mass is 10.0. The summed E-state index contributed by atoms with van der Waals surface area (Å²) in [6.45, 7) is 0. The third kappa shape index (κ3) is 2.16. The molecule has 0 aliphatic rings. The van der Waals surface area contributed by atoms with Crippen LogP contribution in [0.2, 0.25) is 10.0 Å². The van der Waals surface area contributed by atoms with Gasteiger partial charge in [-0.25, -0.2) is 0 Å².